The van der Waals surface area contributed by atoms with Gasteiger partial charge < -0.3 is 20.1 Å². The molecular formula is C22H36N2O3. The fourth-order valence-corrected chi connectivity index (χ4v) is 3.31. The van der Waals surface area contributed by atoms with Crippen molar-refractivity contribution in [2.45, 2.75) is 58.5 Å². The van der Waals surface area contributed by atoms with Gasteiger partial charge in [-0.3, -0.25) is 4.79 Å². The quantitative estimate of drug-likeness (QED) is 0.671. The Morgan fingerprint density at radius 1 is 1.22 bits per heavy atom. The van der Waals surface area contributed by atoms with Crippen LogP contribution < -0.4 is 10.5 Å². The van der Waals surface area contributed by atoms with E-state index >= 15 is 0 Å². The van der Waals surface area contributed by atoms with E-state index in [1.807, 2.05) is 43.0 Å². The number of hydrogen-bond acceptors (Lipinski definition) is 4. The summed E-state index contributed by atoms with van der Waals surface area (Å²) in [5, 5.41) is 0. The third-order valence-electron chi connectivity index (χ3n) is 5.13. The predicted octanol–water partition coefficient (Wildman–Crippen LogP) is 3.36. The van der Waals surface area contributed by atoms with Crippen LogP contribution in [0.15, 0.2) is 24.3 Å². The summed E-state index contributed by atoms with van der Waals surface area (Å²) < 4.78 is 11.6. The zero-order valence-electron chi connectivity index (χ0n) is 17.4. The van der Waals surface area contributed by atoms with Crippen LogP contribution in [0.3, 0.4) is 0 Å². The first-order chi connectivity index (χ1) is 12.8. The zero-order chi connectivity index (χ0) is 19.9. The molecule has 152 valence electrons. The van der Waals surface area contributed by atoms with Crippen LogP contribution in [-0.4, -0.2) is 49.8 Å². The Balaban J connectivity index is 1.91. The van der Waals surface area contributed by atoms with Crippen molar-refractivity contribution in [3.8, 4) is 5.75 Å². The number of amides is 1. The molecule has 5 nitrogen and oxygen atoms in total. The molecule has 0 unspecified atom stereocenters. The summed E-state index contributed by atoms with van der Waals surface area (Å²) >= 11 is 0. The maximum atomic E-state index is 13.1. The van der Waals surface area contributed by atoms with Gasteiger partial charge in [-0.25, -0.2) is 0 Å². The van der Waals surface area contributed by atoms with Gasteiger partial charge in [0.2, 0.25) is 5.91 Å². The number of nitrogens with two attached hydrogens (primary N) is 1. The van der Waals surface area contributed by atoms with E-state index in [2.05, 4.69) is 13.8 Å². The van der Waals surface area contributed by atoms with E-state index < -0.39 is 5.41 Å². The van der Waals surface area contributed by atoms with Gasteiger partial charge in [0.25, 0.3) is 0 Å². The largest absolute Gasteiger partial charge is 0.493 e. The molecule has 1 aromatic carbocycles. The van der Waals surface area contributed by atoms with Crippen molar-refractivity contribution in [3.05, 3.63) is 29.8 Å². The maximum Gasteiger partial charge on any atom is 0.232 e. The van der Waals surface area contributed by atoms with Crippen molar-refractivity contribution in [2.75, 3.05) is 32.8 Å². The standard InChI is InChI=1S/C22H36N2O3/c1-17(2)16-27-19-8-6-18(7-9-19)22(3,4)21(25)24-13-10-20(11-14-24)26-15-5-12-23/h6-9,17,20H,5,10-16,23H2,1-4H3. The minimum Gasteiger partial charge on any atom is -0.493 e. The number of carbonyl (C=O) groups excluding carboxylic acids is 1. The number of piperidine rings is 1. The van der Waals surface area contributed by atoms with Crippen LogP contribution in [0.1, 0.15) is 52.5 Å². The number of ether oxygens (including phenoxy) is 2. The Morgan fingerprint density at radius 3 is 2.41 bits per heavy atom. The normalized spacial score (nSPS) is 16.0. The van der Waals surface area contributed by atoms with Crippen LogP contribution in [0, 0.1) is 5.92 Å². The summed E-state index contributed by atoms with van der Waals surface area (Å²) in [6.07, 6.45) is 2.94. The molecule has 0 saturated carbocycles. The van der Waals surface area contributed by atoms with Gasteiger partial charge in [0.1, 0.15) is 5.75 Å². The van der Waals surface area contributed by atoms with Crippen LogP contribution >= 0.6 is 0 Å². The third-order valence-corrected chi connectivity index (χ3v) is 5.13. The Hall–Kier alpha value is -1.59. The molecule has 1 heterocycles. The summed E-state index contributed by atoms with van der Waals surface area (Å²) in [5.41, 5.74) is 5.97. The Kier molecular flexibility index (Phi) is 8.11. The Bertz CT molecular complexity index is 576. The lowest BCUT2D eigenvalue weighted by molar-refractivity contribution is -0.139. The molecule has 1 aromatic rings. The second-order valence-electron chi connectivity index (χ2n) is 8.36. The van der Waals surface area contributed by atoms with Crippen LogP contribution in [0.4, 0.5) is 0 Å². The van der Waals surface area contributed by atoms with Gasteiger partial charge in [-0.15, -0.1) is 0 Å². The molecule has 27 heavy (non-hydrogen) atoms. The fraction of sp³-hybridized carbons (Fsp3) is 0.682. The van der Waals surface area contributed by atoms with Gasteiger partial charge in [-0.05, 0) is 63.3 Å². The first-order valence-corrected chi connectivity index (χ1v) is 10.2. The maximum absolute atomic E-state index is 13.1. The predicted molar refractivity (Wildman–Crippen MR) is 109 cm³/mol. The van der Waals surface area contributed by atoms with Gasteiger partial charge in [0, 0.05) is 19.7 Å². The van der Waals surface area contributed by atoms with Crippen LogP contribution in [0.5, 0.6) is 5.75 Å². The van der Waals surface area contributed by atoms with E-state index in [-0.39, 0.29) is 12.0 Å². The number of nitrogens with zero attached hydrogens (tertiary/aromatic N) is 1. The van der Waals surface area contributed by atoms with E-state index in [0.29, 0.717) is 25.7 Å². The first kappa shape index (κ1) is 21.7. The van der Waals surface area contributed by atoms with E-state index in [9.17, 15) is 4.79 Å². The van der Waals surface area contributed by atoms with Crippen LogP contribution in [0.2, 0.25) is 0 Å². The average molecular weight is 377 g/mol. The van der Waals surface area contributed by atoms with Gasteiger partial charge in [-0.2, -0.15) is 0 Å². The zero-order valence-corrected chi connectivity index (χ0v) is 17.4. The van der Waals surface area contributed by atoms with E-state index in [0.717, 1.165) is 43.7 Å². The summed E-state index contributed by atoms with van der Waals surface area (Å²) in [7, 11) is 0. The molecule has 2 rings (SSSR count). The molecule has 1 aliphatic rings. The molecule has 1 aliphatic heterocycles. The SMILES string of the molecule is CC(C)COc1ccc(C(C)(C)C(=O)N2CCC(OCCCN)CC2)cc1. The molecule has 0 aromatic heterocycles. The molecule has 2 N–H and O–H groups in total. The fourth-order valence-electron chi connectivity index (χ4n) is 3.31. The summed E-state index contributed by atoms with van der Waals surface area (Å²) in [5.74, 6) is 1.52. The lowest BCUT2D eigenvalue weighted by Crippen LogP contribution is -2.48. The molecule has 5 heteroatoms. The van der Waals surface area contributed by atoms with E-state index in [1.165, 1.54) is 0 Å². The van der Waals surface area contributed by atoms with Gasteiger partial charge >= 0.3 is 0 Å². The van der Waals surface area contributed by atoms with Crippen molar-refractivity contribution in [2.24, 2.45) is 11.7 Å². The second-order valence-corrected chi connectivity index (χ2v) is 8.36. The van der Waals surface area contributed by atoms with Crippen molar-refractivity contribution in [1.82, 2.24) is 4.90 Å². The lowest BCUT2D eigenvalue weighted by Gasteiger charge is -2.37. The van der Waals surface area contributed by atoms with E-state index in [1.54, 1.807) is 0 Å². The molecule has 1 fully saturated rings. The molecule has 0 bridgehead atoms. The number of carbonyl (C=O) groups is 1. The monoisotopic (exact) mass is 376 g/mol. The molecule has 1 saturated heterocycles. The average Bonchev–Trinajstić information content (AvgIpc) is 2.67. The topological polar surface area (TPSA) is 64.8 Å². The second kappa shape index (κ2) is 10.1. The Morgan fingerprint density at radius 2 is 1.85 bits per heavy atom. The highest BCUT2D eigenvalue weighted by Crippen LogP contribution is 2.29. The highest BCUT2D eigenvalue weighted by Gasteiger charge is 2.35. The van der Waals surface area contributed by atoms with Gasteiger partial charge in [-0.1, -0.05) is 26.0 Å². The number of hydrogen-bond donors (Lipinski definition) is 1. The summed E-state index contributed by atoms with van der Waals surface area (Å²) in [6, 6.07) is 7.95. The summed E-state index contributed by atoms with van der Waals surface area (Å²) in [6.45, 7) is 11.8. The first-order valence-electron chi connectivity index (χ1n) is 10.2. The molecule has 0 spiro atoms. The van der Waals surface area contributed by atoms with Crippen molar-refractivity contribution >= 4 is 5.91 Å². The molecular weight excluding hydrogens is 340 g/mol. The van der Waals surface area contributed by atoms with Crippen LogP contribution in [0.25, 0.3) is 0 Å². The number of rotatable bonds is 9. The molecule has 0 aliphatic carbocycles. The number of likely N-dealkylation sites (tertiary alicyclic amines) is 1. The highest BCUT2D eigenvalue weighted by atomic mass is 16.5. The Labute approximate surface area is 164 Å². The number of benzene rings is 1. The highest BCUT2D eigenvalue weighted by molar-refractivity contribution is 5.87. The minimum absolute atomic E-state index is 0.179. The lowest BCUT2D eigenvalue weighted by atomic mass is 9.82. The molecule has 1 amide bonds. The van der Waals surface area contributed by atoms with Gasteiger partial charge in [0.15, 0.2) is 0 Å². The van der Waals surface area contributed by atoms with Crippen molar-refractivity contribution in [3.63, 3.8) is 0 Å². The van der Waals surface area contributed by atoms with Gasteiger partial charge in [0.05, 0.1) is 18.1 Å². The molecule has 0 radical (unpaired) electrons. The summed E-state index contributed by atoms with van der Waals surface area (Å²) in [4.78, 5) is 15.1. The van der Waals surface area contributed by atoms with Crippen LogP contribution in [-0.2, 0) is 14.9 Å². The van der Waals surface area contributed by atoms with Crippen molar-refractivity contribution in [1.29, 1.82) is 0 Å². The minimum atomic E-state index is -0.552. The van der Waals surface area contributed by atoms with E-state index in [4.69, 9.17) is 15.2 Å². The third kappa shape index (κ3) is 6.22. The van der Waals surface area contributed by atoms with Crippen molar-refractivity contribution < 1.29 is 14.3 Å². The smallest absolute Gasteiger partial charge is 0.232 e. The molecule has 0 atom stereocenters.